The molecule has 0 amide bonds. The third-order valence-corrected chi connectivity index (χ3v) is 1.76. The quantitative estimate of drug-likeness (QED) is 0.595. The molecule has 0 unspecified atom stereocenters. The normalized spacial score (nSPS) is 9.18. The van der Waals surface area contributed by atoms with E-state index in [1.165, 1.54) is 5.56 Å². The molecule has 0 aliphatic carbocycles. The van der Waals surface area contributed by atoms with Crippen molar-refractivity contribution in [1.29, 1.82) is 5.26 Å². The molecule has 0 saturated carbocycles. The van der Waals surface area contributed by atoms with Crippen LogP contribution in [-0.2, 0) is 6.42 Å². The van der Waals surface area contributed by atoms with Gasteiger partial charge in [0.25, 0.3) is 0 Å². The first-order chi connectivity index (χ1) is 5.27. The summed E-state index contributed by atoms with van der Waals surface area (Å²) in [6, 6.07) is 8.09. The fraction of sp³-hybridized carbons (Fsp3) is 0.300. The smallest absolute Gasteiger partial charge is 0.0994 e. The second-order valence-electron chi connectivity index (χ2n) is 2.63. The third-order valence-electron chi connectivity index (χ3n) is 1.76. The number of hydrogen-bond donors (Lipinski definition) is 0. The minimum atomic E-state index is 0.804. The van der Waals surface area contributed by atoms with E-state index in [4.69, 9.17) is 5.26 Å². The molecule has 56 valence electrons. The molecule has 0 aromatic heterocycles. The summed E-state index contributed by atoms with van der Waals surface area (Å²) in [6.07, 6.45) is 0.935. The molecule has 0 atom stereocenters. The van der Waals surface area contributed by atoms with Gasteiger partial charge >= 0.3 is 0 Å². The van der Waals surface area contributed by atoms with Crippen molar-refractivity contribution < 1.29 is 0 Å². The van der Waals surface area contributed by atoms with Crippen molar-refractivity contribution in [3.05, 3.63) is 34.9 Å². The van der Waals surface area contributed by atoms with Crippen molar-refractivity contribution in [2.24, 2.45) is 0 Å². The fourth-order valence-electron chi connectivity index (χ4n) is 1.12. The molecule has 1 nitrogen and oxygen atoms in total. The average molecular weight is 145 g/mol. The van der Waals surface area contributed by atoms with E-state index in [1.54, 1.807) is 0 Å². The Bertz CT molecular complexity index is 294. The van der Waals surface area contributed by atoms with Crippen LogP contribution >= 0.6 is 0 Å². The molecular formula is C10H11N. The maximum atomic E-state index is 8.69. The highest BCUT2D eigenvalue weighted by Gasteiger charge is 1.97. The monoisotopic (exact) mass is 145 g/mol. The Kier molecular flexibility index (Phi) is 2.28. The first-order valence-electron chi connectivity index (χ1n) is 3.77. The van der Waals surface area contributed by atoms with E-state index in [1.807, 2.05) is 19.1 Å². The lowest BCUT2D eigenvalue weighted by Gasteiger charge is -2.00. The van der Waals surface area contributed by atoms with Gasteiger partial charge in [0.1, 0.15) is 0 Å². The van der Waals surface area contributed by atoms with Crippen LogP contribution in [0.3, 0.4) is 0 Å². The summed E-state index contributed by atoms with van der Waals surface area (Å²) in [5.41, 5.74) is 3.17. The maximum Gasteiger partial charge on any atom is 0.0994 e. The largest absolute Gasteiger partial charge is 0.192 e. The zero-order valence-corrected chi connectivity index (χ0v) is 6.89. The molecule has 1 aromatic rings. The minimum absolute atomic E-state index is 0.804. The number of aryl methyl sites for hydroxylation is 2. The van der Waals surface area contributed by atoms with Crippen LogP contribution in [0.15, 0.2) is 18.2 Å². The molecule has 0 aliphatic rings. The van der Waals surface area contributed by atoms with E-state index in [0.717, 1.165) is 17.5 Å². The lowest BCUT2D eigenvalue weighted by Crippen LogP contribution is -1.87. The van der Waals surface area contributed by atoms with Gasteiger partial charge in [0.2, 0.25) is 0 Å². The highest BCUT2D eigenvalue weighted by Crippen LogP contribution is 2.10. The highest BCUT2D eigenvalue weighted by molar-refractivity contribution is 5.39. The van der Waals surface area contributed by atoms with Crippen molar-refractivity contribution in [3.63, 3.8) is 0 Å². The number of nitriles is 1. The minimum Gasteiger partial charge on any atom is -0.192 e. The molecule has 0 aliphatic heterocycles. The summed E-state index contributed by atoms with van der Waals surface area (Å²) in [6.45, 7) is 4.11. The summed E-state index contributed by atoms with van der Waals surface area (Å²) < 4.78 is 0. The Morgan fingerprint density at radius 1 is 1.45 bits per heavy atom. The number of benzene rings is 1. The molecule has 0 fully saturated rings. The van der Waals surface area contributed by atoms with E-state index in [2.05, 4.69) is 19.1 Å². The summed E-state index contributed by atoms with van der Waals surface area (Å²) in [5.74, 6) is 0. The van der Waals surface area contributed by atoms with E-state index in [0.29, 0.717) is 0 Å². The molecule has 0 radical (unpaired) electrons. The van der Waals surface area contributed by atoms with Crippen molar-refractivity contribution in [2.45, 2.75) is 20.3 Å². The summed E-state index contributed by atoms with van der Waals surface area (Å²) in [7, 11) is 0. The van der Waals surface area contributed by atoms with E-state index in [-0.39, 0.29) is 0 Å². The zero-order valence-electron chi connectivity index (χ0n) is 6.89. The van der Waals surface area contributed by atoms with Crippen LogP contribution in [0.25, 0.3) is 0 Å². The molecule has 0 bridgehead atoms. The number of hydrogen-bond acceptors (Lipinski definition) is 1. The van der Waals surface area contributed by atoms with Gasteiger partial charge in [0.15, 0.2) is 0 Å². The van der Waals surface area contributed by atoms with E-state index in [9.17, 15) is 0 Å². The summed E-state index contributed by atoms with van der Waals surface area (Å²) >= 11 is 0. The highest BCUT2D eigenvalue weighted by atomic mass is 14.2. The second-order valence-corrected chi connectivity index (χ2v) is 2.63. The first-order valence-corrected chi connectivity index (χ1v) is 3.77. The molecule has 1 rings (SSSR count). The molecule has 11 heavy (non-hydrogen) atoms. The number of rotatable bonds is 1. The molecule has 0 N–H and O–H groups in total. The van der Waals surface area contributed by atoms with E-state index >= 15 is 0 Å². The van der Waals surface area contributed by atoms with Gasteiger partial charge in [-0.15, -0.1) is 0 Å². The van der Waals surface area contributed by atoms with Crippen molar-refractivity contribution in [1.82, 2.24) is 0 Å². The van der Waals surface area contributed by atoms with Crippen LogP contribution in [0, 0.1) is 18.3 Å². The van der Waals surface area contributed by atoms with Crippen molar-refractivity contribution >= 4 is 0 Å². The second kappa shape index (κ2) is 3.21. The van der Waals surface area contributed by atoms with Gasteiger partial charge in [-0.3, -0.25) is 0 Å². The predicted octanol–water partition coefficient (Wildman–Crippen LogP) is 2.43. The van der Waals surface area contributed by atoms with Crippen LogP contribution in [0.2, 0.25) is 0 Å². The lowest BCUT2D eigenvalue weighted by atomic mass is 10.0. The van der Waals surface area contributed by atoms with Gasteiger partial charge in [-0.25, -0.2) is 0 Å². The molecule has 0 heterocycles. The van der Waals surface area contributed by atoms with Gasteiger partial charge in [0, 0.05) is 0 Å². The van der Waals surface area contributed by atoms with Gasteiger partial charge in [-0.1, -0.05) is 24.6 Å². The van der Waals surface area contributed by atoms with Crippen LogP contribution < -0.4 is 0 Å². The lowest BCUT2D eigenvalue weighted by molar-refractivity contribution is 1.12. The zero-order chi connectivity index (χ0) is 8.27. The van der Waals surface area contributed by atoms with Crippen LogP contribution in [0.1, 0.15) is 23.6 Å². The van der Waals surface area contributed by atoms with Gasteiger partial charge in [-0.2, -0.15) is 5.26 Å². The van der Waals surface area contributed by atoms with Gasteiger partial charge < -0.3 is 0 Å². The summed E-state index contributed by atoms with van der Waals surface area (Å²) in [4.78, 5) is 0. The van der Waals surface area contributed by atoms with Crippen molar-refractivity contribution in [3.8, 4) is 6.07 Å². The van der Waals surface area contributed by atoms with Gasteiger partial charge in [0.05, 0.1) is 11.6 Å². The van der Waals surface area contributed by atoms with Crippen LogP contribution in [0.4, 0.5) is 0 Å². The standard InChI is InChI=1S/C10H11N/c1-3-9-6-8(2)4-5-10(9)7-11/h4-6H,3H2,1-2H3. The average Bonchev–Trinajstić information content (AvgIpc) is 2.04. The van der Waals surface area contributed by atoms with E-state index < -0.39 is 0 Å². The predicted molar refractivity (Wildman–Crippen MR) is 45.3 cm³/mol. The Hall–Kier alpha value is -1.29. The van der Waals surface area contributed by atoms with Crippen molar-refractivity contribution in [2.75, 3.05) is 0 Å². The topological polar surface area (TPSA) is 23.8 Å². The third kappa shape index (κ3) is 1.59. The maximum absolute atomic E-state index is 8.69. The van der Waals surface area contributed by atoms with Crippen LogP contribution in [-0.4, -0.2) is 0 Å². The Morgan fingerprint density at radius 2 is 2.18 bits per heavy atom. The SMILES string of the molecule is CCc1cc(C)ccc1C#N. The Labute approximate surface area is 67.3 Å². The molecule has 1 aromatic carbocycles. The summed E-state index contributed by atoms with van der Waals surface area (Å²) in [5, 5.41) is 8.69. The molecule has 1 heteroatoms. The molecule has 0 saturated heterocycles. The first kappa shape index (κ1) is 7.81. The Balaban J connectivity index is 3.19. The molecule has 0 spiro atoms. The fourth-order valence-corrected chi connectivity index (χ4v) is 1.12. The number of nitrogens with zero attached hydrogens (tertiary/aromatic N) is 1. The Morgan fingerprint density at radius 3 is 2.73 bits per heavy atom. The van der Waals surface area contributed by atoms with Gasteiger partial charge in [-0.05, 0) is 25.0 Å². The molecular weight excluding hydrogens is 134 g/mol. The van der Waals surface area contributed by atoms with Crippen LogP contribution in [0.5, 0.6) is 0 Å².